The molecular weight excluding hydrogens is 370 g/mol. The highest BCUT2D eigenvalue weighted by molar-refractivity contribution is 6.32. The lowest BCUT2D eigenvalue weighted by molar-refractivity contribution is 0.0599. The number of rotatable bonds is 3. The number of hydrogen-bond acceptors (Lipinski definition) is 5. The van der Waals surface area contributed by atoms with Crippen molar-refractivity contribution in [3.63, 3.8) is 0 Å². The van der Waals surface area contributed by atoms with E-state index in [1.807, 2.05) is 13.0 Å². The maximum absolute atomic E-state index is 13.0. The molecule has 1 atom stereocenters. The Morgan fingerprint density at radius 1 is 1.19 bits per heavy atom. The number of aromatic hydroxyl groups is 2. The first-order valence-corrected chi connectivity index (χ1v) is 8.93. The van der Waals surface area contributed by atoms with Crippen LogP contribution in [-0.2, 0) is 4.74 Å². The highest BCUT2D eigenvalue weighted by Gasteiger charge is 2.33. The molecule has 2 aromatic rings. The van der Waals surface area contributed by atoms with Crippen LogP contribution < -0.4 is 0 Å². The van der Waals surface area contributed by atoms with Crippen LogP contribution in [0, 0.1) is 6.92 Å². The zero-order chi connectivity index (χ0) is 19.7. The van der Waals surface area contributed by atoms with Gasteiger partial charge in [0.05, 0.1) is 29.3 Å². The Bertz CT molecular complexity index is 911. The van der Waals surface area contributed by atoms with Gasteiger partial charge in [-0.1, -0.05) is 23.7 Å². The molecule has 3 rings (SSSR count). The quantitative estimate of drug-likeness (QED) is 0.779. The van der Waals surface area contributed by atoms with E-state index in [-0.39, 0.29) is 34.0 Å². The number of nitrogens with zero attached hydrogens (tertiary/aromatic N) is 1. The van der Waals surface area contributed by atoms with E-state index in [1.54, 1.807) is 17.0 Å². The Kier molecular flexibility index (Phi) is 5.28. The number of likely N-dealkylation sites (tertiary alicyclic amines) is 1. The summed E-state index contributed by atoms with van der Waals surface area (Å²) in [7, 11) is 1.33. The number of esters is 1. The number of methoxy groups -OCH3 is 1. The maximum atomic E-state index is 13.0. The Morgan fingerprint density at radius 3 is 2.63 bits per heavy atom. The van der Waals surface area contributed by atoms with E-state index in [1.165, 1.54) is 13.2 Å². The molecule has 2 aromatic carbocycles. The normalized spacial score (nSPS) is 16.4. The number of ether oxygens (including phenoxy) is 1. The van der Waals surface area contributed by atoms with Gasteiger partial charge >= 0.3 is 5.97 Å². The number of amides is 1. The Hall–Kier alpha value is -2.73. The summed E-state index contributed by atoms with van der Waals surface area (Å²) < 4.78 is 4.83. The zero-order valence-electron chi connectivity index (χ0n) is 15.0. The molecule has 1 saturated heterocycles. The summed E-state index contributed by atoms with van der Waals surface area (Å²) in [5, 5.41) is 19.7. The van der Waals surface area contributed by atoms with Gasteiger partial charge in [0.1, 0.15) is 11.5 Å². The fourth-order valence-electron chi connectivity index (χ4n) is 3.56. The van der Waals surface area contributed by atoms with Gasteiger partial charge in [-0.25, -0.2) is 4.79 Å². The van der Waals surface area contributed by atoms with Crippen LogP contribution in [0.2, 0.25) is 5.02 Å². The first-order chi connectivity index (χ1) is 12.8. The van der Waals surface area contributed by atoms with E-state index in [2.05, 4.69) is 0 Å². The summed E-state index contributed by atoms with van der Waals surface area (Å²) in [5.74, 6) is -1.41. The molecule has 1 unspecified atom stereocenters. The molecule has 2 N–H and O–H groups in total. The van der Waals surface area contributed by atoms with Crippen LogP contribution in [-0.4, -0.2) is 40.6 Å². The predicted molar refractivity (Wildman–Crippen MR) is 100 cm³/mol. The number of carbonyl (C=O) groups is 2. The van der Waals surface area contributed by atoms with Crippen molar-refractivity contribution >= 4 is 23.5 Å². The molecular formula is C20H20ClNO5. The SMILES string of the molecule is COC(=O)c1cccc(C2CCCN2C(=O)c2cc(Cl)c(O)cc2O)c1C. The third-order valence-corrected chi connectivity index (χ3v) is 5.25. The van der Waals surface area contributed by atoms with Gasteiger partial charge in [-0.05, 0) is 43.0 Å². The monoisotopic (exact) mass is 389 g/mol. The summed E-state index contributed by atoms with van der Waals surface area (Å²) in [4.78, 5) is 26.7. The lowest BCUT2D eigenvalue weighted by Gasteiger charge is -2.27. The smallest absolute Gasteiger partial charge is 0.338 e. The van der Waals surface area contributed by atoms with Gasteiger partial charge < -0.3 is 19.8 Å². The summed E-state index contributed by atoms with van der Waals surface area (Å²) in [5.41, 5.74) is 2.13. The van der Waals surface area contributed by atoms with E-state index in [0.29, 0.717) is 12.1 Å². The van der Waals surface area contributed by atoms with E-state index in [0.717, 1.165) is 30.0 Å². The average Bonchev–Trinajstić information content (AvgIpc) is 3.13. The van der Waals surface area contributed by atoms with Crippen LogP contribution in [0.15, 0.2) is 30.3 Å². The second-order valence-corrected chi connectivity index (χ2v) is 6.90. The molecule has 6 nitrogen and oxygen atoms in total. The summed E-state index contributed by atoms with van der Waals surface area (Å²) >= 11 is 5.90. The van der Waals surface area contributed by atoms with Gasteiger partial charge in [0.2, 0.25) is 0 Å². The fraction of sp³-hybridized carbons (Fsp3) is 0.300. The van der Waals surface area contributed by atoms with Crippen LogP contribution in [0.4, 0.5) is 0 Å². The molecule has 27 heavy (non-hydrogen) atoms. The number of halogens is 1. The molecule has 0 aliphatic carbocycles. The van der Waals surface area contributed by atoms with Gasteiger partial charge in [0, 0.05) is 12.6 Å². The Morgan fingerprint density at radius 2 is 1.93 bits per heavy atom. The van der Waals surface area contributed by atoms with E-state index < -0.39 is 5.97 Å². The van der Waals surface area contributed by atoms with Gasteiger partial charge in [-0.15, -0.1) is 0 Å². The van der Waals surface area contributed by atoms with Gasteiger partial charge in [-0.3, -0.25) is 4.79 Å². The molecule has 0 aromatic heterocycles. The standard InChI is InChI=1S/C20H20ClNO5/c1-11-12(5-3-6-13(11)20(26)27-2)16-7-4-8-22(16)19(25)14-9-15(21)18(24)10-17(14)23/h3,5-6,9-10,16,23-24H,4,7-8H2,1-2H3. The van der Waals surface area contributed by atoms with Gasteiger partial charge in [0.25, 0.3) is 5.91 Å². The van der Waals surface area contributed by atoms with Crippen LogP contribution in [0.5, 0.6) is 11.5 Å². The van der Waals surface area contributed by atoms with Crippen LogP contribution in [0.25, 0.3) is 0 Å². The second-order valence-electron chi connectivity index (χ2n) is 6.49. The summed E-state index contributed by atoms with van der Waals surface area (Å²) in [6.07, 6.45) is 1.54. The van der Waals surface area contributed by atoms with E-state index >= 15 is 0 Å². The van der Waals surface area contributed by atoms with E-state index in [4.69, 9.17) is 16.3 Å². The molecule has 7 heteroatoms. The number of carbonyl (C=O) groups excluding carboxylic acids is 2. The molecule has 1 aliphatic rings. The lowest BCUT2D eigenvalue weighted by Crippen LogP contribution is -2.31. The number of phenols is 2. The molecule has 1 aliphatic heterocycles. The predicted octanol–water partition coefficient (Wildman–Crippen LogP) is 3.82. The molecule has 1 amide bonds. The molecule has 0 spiro atoms. The highest BCUT2D eigenvalue weighted by Crippen LogP contribution is 2.38. The van der Waals surface area contributed by atoms with Crippen molar-refractivity contribution in [3.05, 3.63) is 57.6 Å². The third-order valence-electron chi connectivity index (χ3n) is 4.95. The first-order valence-electron chi connectivity index (χ1n) is 8.55. The van der Waals surface area contributed by atoms with E-state index in [9.17, 15) is 19.8 Å². The number of benzene rings is 2. The number of hydrogen-bond donors (Lipinski definition) is 2. The fourth-order valence-corrected chi connectivity index (χ4v) is 3.72. The Balaban J connectivity index is 1.98. The van der Waals surface area contributed by atoms with Crippen molar-refractivity contribution in [1.29, 1.82) is 0 Å². The van der Waals surface area contributed by atoms with Crippen LogP contribution in [0.1, 0.15) is 50.7 Å². The minimum absolute atomic E-state index is 0.00392. The minimum atomic E-state index is -0.423. The largest absolute Gasteiger partial charge is 0.507 e. The summed E-state index contributed by atoms with van der Waals surface area (Å²) in [6.45, 7) is 2.35. The first kappa shape index (κ1) is 19.0. The van der Waals surface area contributed by atoms with Crippen molar-refractivity contribution < 1.29 is 24.5 Å². The topological polar surface area (TPSA) is 87.1 Å². The molecule has 1 fully saturated rings. The van der Waals surface area contributed by atoms with Gasteiger partial charge in [-0.2, -0.15) is 0 Å². The second kappa shape index (κ2) is 7.48. The Labute approximate surface area is 161 Å². The van der Waals surface area contributed by atoms with Crippen molar-refractivity contribution in [1.82, 2.24) is 4.90 Å². The van der Waals surface area contributed by atoms with Crippen molar-refractivity contribution in [3.8, 4) is 11.5 Å². The zero-order valence-corrected chi connectivity index (χ0v) is 15.8. The summed E-state index contributed by atoms with van der Waals surface area (Å²) in [6, 6.07) is 7.45. The number of phenolic OH excluding ortho intramolecular Hbond substituents is 2. The van der Waals surface area contributed by atoms with Gasteiger partial charge in [0.15, 0.2) is 0 Å². The minimum Gasteiger partial charge on any atom is -0.507 e. The third kappa shape index (κ3) is 3.45. The van der Waals surface area contributed by atoms with Crippen LogP contribution in [0.3, 0.4) is 0 Å². The van der Waals surface area contributed by atoms with Crippen molar-refractivity contribution in [2.45, 2.75) is 25.8 Å². The highest BCUT2D eigenvalue weighted by atomic mass is 35.5. The average molecular weight is 390 g/mol. The lowest BCUT2D eigenvalue weighted by atomic mass is 9.95. The molecule has 0 radical (unpaired) electrons. The van der Waals surface area contributed by atoms with Crippen molar-refractivity contribution in [2.75, 3.05) is 13.7 Å². The van der Waals surface area contributed by atoms with Crippen LogP contribution >= 0.6 is 11.6 Å². The molecule has 1 heterocycles. The molecule has 0 bridgehead atoms. The molecule has 0 saturated carbocycles. The van der Waals surface area contributed by atoms with Crippen molar-refractivity contribution in [2.24, 2.45) is 0 Å². The molecule has 142 valence electrons. The maximum Gasteiger partial charge on any atom is 0.338 e.